The van der Waals surface area contributed by atoms with Gasteiger partial charge < -0.3 is 4.90 Å². The van der Waals surface area contributed by atoms with Gasteiger partial charge in [0.15, 0.2) is 0 Å². The fraction of sp³-hybridized carbons (Fsp3) is 0.190. The van der Waals surface area contributed by atoms with Crippen LogP contribution in [-0.2, 0) is 14.8 Å². The van der Waals surface area contributed by atoms with E-state index in [4.69, 9.17) is 0 Å². The Morgan fingerprint density at radius 1 is 0.852 bits per heavy atom. The predicted molar refractivity (Wildman–Crippen MR) is 107 cm³/mol. The lowest BCUT2D eigenvalue weighted by Gasteiger charge is -2.16. The van der Waals surface area contributed by atoms with Gasteiger partial charge in [0, 0.05) is 43.8 Å². The molecule has 27 heavy (non-hydrogen) atoms. The number of amides is 1. The Labute approximate surface area is 160 Å². The number of sulfonamides is 1. The van der Waals surface area contributed by atoms with Crippen molar-refractivity contribution in [1.82, 2.24) is 4.31 Å². The van der Waals surface area contributed by atoms with Gasteiger partial charge in [-0.05, 0) is 30.2 Å². The molecule has 0 unspecified atom stereocenters. The van der Waals surface area contributed by atoms with Crippen LogP contribution in [0.4, 0.5) is 5.69 Å². The molecule has 0 atom stereocenters. The van der Waals surface area contributed by atoms with Gasteiger partial charge in [0.25, 0.3) is 0 Å². The molecule has 0 saturated heterocycles. The first-order chi connectivity index (χ1) is 12.7. The van der Waals surface area contributed by atoms with E-state index in [0.29, 0.717) is 16.7 Å². The lowest BCUT2D eigenvalue weighted by molar-refractivity contribution is -0.116. The van der Waals surface area contributed by atoms with Gasteiger partial charge >= 0.3 is 0 Å². The molecule has 0 radical (unpaired) electrons. The van der Waals surface area contributed by atoms with Gasteiger partial charge in [-0.15, -0.1) is 0 Å². The minimum Gasteiger partial charge on any atom is -0.315 e. The summed E-state index contributed by atoms with van der Waals surface area (Å²) >= 11 is 0. The normalized spacial score (nSPS) is 10.1. The van der Waals surface area contributed by atoms with E-state index in [9.17, 15) is 13.2 Å². The number of para-hydroxylation sites is 1. The lowest BCUT2D eigenvalue weighted by Crippen LogP contribution is -2.23. The minimum absolute atomic E-state index is 0.0840. The van der Waals surface area contributed by atoms with Crippen LogP contribution in [0.15, 0.2) is 48.5 Å². The molecule has 2 rings (SSSR count). The molecule has 0 spiro atoms. The van der Waals surface area contributed by atoms with E-state index in [1.807, 2.05) is 42.5 Å². The van der Waals surface area contributed by atoms with Crippen molar-refractivity contribution < 1.29 is 13.2 Å². The molecule has 0 aromatic heterocycles. The van der Waals surface area contributed by atoms with Crippen molar-refractivity contribution in [2.75, 3.05) is 25.3 Å². The van der Waals surface area contributed by atoms with Crippen LogP contribution in [0, 0.1) is 23.8 Å². The van der Waals surface area contributed by atoms with Crippen LogP contribution >= 0.6 is 0 Å². The zero-order valence-corrected chi connectivity index (χ0v) is 16.5. The van der Waals surface area contributed by atoms with Gasteiger partial charge in [-0.25, -0.2) is 12.7 Å². The van der Waals surface area contributed by atoms with Gasteiger partial charge in [-0.2, -0.15) is 0 Å². The molecule has 0 aliphatic rings. The number of rotatable bonds is 2. The van der Waals surface area contributed by atoms with Crippen LogP contribution in [0.2, 0.25) is 0 Å². The van der Waals surface area contributed by atoms with Gasteiger partial charge in [-0.1, -0.05) is 36.1 Å². The number of anilines is 1. The summed E-state index contributed by atoms with van der Waals surface area (Å²) < 4.78 is 23.9. The summed E-state index contributed by atoms with van der Waals surface area (Å²) in [4.78, 5) is 13.2. The summed E-state index contributed by atoms with van der Waals surface area (Å²) in [5.41, 5.74) is 2.73. The Morgan fingerprint density at radius 2 is 1.33 bits per heavy atom. The van der Waals surface area contributed by atoms with Crippen molar-refractivity contribution in [2.45, 2.75) is 6.92 Å². The summed E-state index contributed by atoms with van der Waals surface area (Å²) in [7, 11) is -0.287. The Bertz CT molecular complexity index is 1080. The summed E-state index contributed by atoms with van der Waals surface area (Å²) in [5.74, 6) is 8.91. The minimum atomic E-state index is -3.38. The van der Waals surface area contributed by atoms with Crippen molar-refractivity contribution in [2.24, 2.45) is 0 Å². The van der Waals surface area contributed by atoms with Crippen LogP contribution in [0.5, 0.6) is 0 Å². The van der Waals surface area contributed by atoms with E-state index in [1.165, 1.54) is 18.9 Å². The summed E-state index contributed by atoms with van der Waals surface area (Å²) in [5, 5.41) is 0. The quantitative estimate of drug-likeness (QED) is 0.593. The molecular weight excluding hydrogens is 360 g/mol. The van der Waals surface area contributed by atoms with E-state index in [-0.39, 0.29) is 5.91 Å². The molecule has 0 bridgehead atoms. The Kier molecular flexibility index (Phi) is 6.28. The number of carbonyl (C=O) groups excluding carboxylic acids is 1. The van der Waals surface area contributed by atoms with Crippen molar-refractivity contribution >= 4 is 21.6 Å². The third kappa shape index (κ3) is 5.37. The Morgan fingerprint density at radius 3 is 1.89 bits per heavy atom. The second-order valence-corrected chi connectivity index (χ2v) is 7.87. The molecule has 0 fully saturated rings. The van der Waals surface area contributed by atoms with Crippen LogP contribution in [0.1, 0.15) is 23.6 Å². The second kappa shape index (κ2) is 8.44. The van der Waals surface area contributed by atoms with Gasteiger partial charge in [0.1, 0.15) is 0 Å². The largest absolute Gasteiger partial charge is 0.315 e. The number of hydrogen-bond acceptors (Lipinski definition) is 3. The highest BCUT2D eigenvalue weighted by molar-refractivity contribution is 7.88. The molecule has 138 valence electrons. The van der Waals surface area contributed by atoms with Crippen molar-refractivity contribution in [1.29, 1.82) is 0 Å². The van der Waals surface area contributed by atoms with Gasteiger partial charge in [-0.3, -0.25) is 4.79 Å². The molecule has 2 aromatic rings. The zero-order valence-electron chi connectivity index (χ0n) is 15.6. The van der Waals surface area contributed by atoms with Crippen LogP contribution in [-0.4, -0.2) is 39.0 Å². The highest BCUT2D eigenvalue weighted by Gasteiger charge is 2.09. The number of benzene rings is 2. The molecule has 6 heteroatoms. The van der Waals surface area contributed by atoms with Crippen LogP contribution < -0.4 is 4.90 Å². The van der Waals surface area contributed by atoms with Crippen molar-refractivity contribution in [3.8, 4) is 23.8 Å². The topological polar surface area (TPSA) is 57.7 Å². The second-order valence-electron chi connectivity index (χ2n) is 5.86. The first-order valence-corrected chi connectivity index (χ1v) is 9.95. The molecule has 1 amide bonds. The summed E-state index contributed by atoms with van der Waals surface area (Å²) in [6.07, 6.45) is 1.09. The van der Waals surface area contributed by atoms with E-state index in [1.54, 1.807) is 13.1 Å². The summed E-state index contributed by atoms with van der Waals surface area (Å²) in [6, 6.07) is 17.2. The van der Waals surface area contributed by atoms with Gasteiger partial charge in [0.2, 0.25) is 15.9 Å². The number of nitrogens with zero attached hydrogens (tertiary/aromatic N) is 2. The molecule has 5 nitrogen and oxygen atoms in total. The van der Waals surface area contributed by atoms with Crippen molar-refractivity contribution in [3.05, 3.63) is 65.2 Å². The third-order valence-electron chi connectivity index (χ3n) is 3.84. The van der Waals surface area contributed by atoms with Crippen molar-refractivity contribution in [3.63, 3.8) is 0 Å². The fourth-order valence-electron chi connectivity index (χ4n) is 2.10. The molecule has 0 heterocycles. The van der Waals surface area contributed by atoms with E-state index >= 15 is 0 Å². The molecule has 0 N–H and O–H groups in total. The molecule has 0 aliphatic heterocycles. The highest BCUT2D eigenvalue weighted by Crippen LogP contribution is 2.18. The maximum Gasteiger partial charge on any atom is 0.238 e. The number of hydrogen-bond donors (Lipinski definition) is 0. The first-order valence-electron chi connectivity index (χ1n) is 8.10. The summed E-state index contributed by atoms with van der Waals surface area (Å²) in [6.45, 7) is 1.49. The number of carbonyl (C=O) groups is 1. The van der Waals surface area contributed by atoms with Crippen LogP contribution in [0.25, 0.3) is 0 Å². The Hall–Kier alpha value is -3.22. The zero-order chi connectivity index (χ0) is 20.0. The smallest absolute Gasteiger partial charge is 0.238 e. The third-order valence-corrected chi connectivity index (χ3v) is 4.93. The molecule has 0 aliphatic carbocycles. The van der Waals surface area contributed by atoms with E-state index in [0.717, 1.165) is 16.2 Å². The standard InChI is InChI=1S/C21H20N2O3S/c1-17(24)23(3)21-12-8-7-11-20(21)14-13-18-9-5-6-10-19(18)15-16-22(2)27(4,25)26/h5-12H,1-4H3. The average Bonchev–Trinajstić information content (AvgIpc) is 2.63. The van der Waals surface area contributed by atoms with E-state index < -0.39 is 10.0 Å². The Balaban J connectivity index is 2.43. The van der Waals surface area contributed by atoms with Gasteiger partial charge in [0.05, 0.1) is 11.9 Å². The van der Waals surface area contributed by atoms with Crippen LogP contribution in [0.3, 0.4) is 0 Å². The monoisotopic (exact) mass is 380 g/mol. The first kappa shape index (κ1) is 20.1. The van der Waals surface area contributed by atoms with E-state index in [2.05, 4.69) is 23.8 Å². The predicted octanol–water partition coefficient (Wildman–Crippen LogP) is 2.27. The maximum absolute atomic E-state index is 11.7. The lowest BCUT2D eigenvalue weighted by atomic mass is 10.1. The molecule has 0 saturated carbocycles. The highest BCUT2D eigenvalue weighted by atomic mass is 32.2. The molecular formula is C21H20N2O3S. The fourth-order valence-corrected chi connectivity index (χ4v) is 2.31. The SMILES string of the molecule is CC(=O)N(C)c1ccccc1C#Cc1ccccc1C#CN(C)S(C)(=O)=O. The molecule has 2 aromatic carbocycles. The maximum atomic E-state index is 11.7. The average molecular weight is 380 g/mol.